The summed E-state index contributed by atoms with van der Waals surface area (Å²) in [6.07, 6.45) is 3.86. The maximum Gasteiger partial charge on any atom is 0.303 e. The summed E-state index contributed by atoms with van der Waals surface area (Å²) in [7, 11) is 0. The second-order valence-electron chi connectivity index (χ2n) is 7.09. The average molecular weight is 351 g/mol. The van der Waals surface area contributed by atoms with Crippen molar-refractivity contribution in [2.75, 3.05) is 0 Å². The molecule has 1 unspecified atom stereocenters. The molecule has 0 bridgehead atoms. The molecule has 1 amide bonds. The first-order chi connectivity index (χ1) is 12.6. The van der Waals surface area contributed by atoms with Gasteiger partial charge in [-0.3, -0.25) is 9.59 Å². The second kappa shape index (κ2) is 8.17. The molecule has 4 nitrogen and oxygen atoms in total. The van der Waals surface area contributed by atoms with Crippen molar-refractivity contribution in [3.8, 4) is 0 Å². The maximum absolute atomic E-state index is 13.1. The van der Waals surface area contributed by atoms with Gasteiger partial charge in [-0.25, -0.2) is 0 Å². The number of carboxylic acid groups (broad SMARTS) is 1. The van der Waals surface area contributed by atoms with Crippen molar-refractivity contribution in [3.63, 3.8) is 0 Å². The first kappa shape index (κ1) is 18.2. The van der Waals surface area contributed by atoms with Crippen LogP contribution in [0.2, 0.25) is 0 Å². The number of aliphatic carboxylic acids is 1. The Hall–Kier alpha value is -2.62. The van der Waals surface area contributed by atoms with Crippen molar-refractivity contribution in [2.24, 2.45) is 0 Å². The van der Waals surface area contributed by atoms with E-state index in [-0.39, 0.29) is 18.4 Å². The van der Waals surface area contributed by atoms with Crippen LogP contribution in [0.3, 0.4) is 0 Å². The van der Waals surface area contributed by atoms with Gasteiger partial charge in [0, 0.05) is 12.5 Å². The summed E-state index contributed by atoms with van der Waals surface area (Å²) in [5, 5.41) is 12.2. The Bertz CT molecular complexity index is 738. The molecule has 26 heavy (non-hydrogen) atoms. The lowest BCUT2D eigenvalue weighted by molar-refractivity contribution is -0.138. The zero-order valence-corrected chi connectivity index (χ0v) is 14.9. The summed E-state index contributed by atoms with van der Waals surface area (Å²) in [4.78, 5) is 24.1. The minimum absolute atomic E-state index is 0.0290. The number of nitrogens with one attached hydrogen (secondary N) is 1. The van der Waals surface area contributed by atoms with Crippen LogP contribution in [0.15, 0.2) is 60.7 Å². The van der Waals surface area contributed by atoms with E-state index in [1.807, 2.05) is 60.7 Å². The highest BCUT2D eigenvalue weighted by Crippen LogP contribution is 2.44. The maximum atomic E-state index is 13.1. The Morgan fingerprint density at radius 1 is 1.00 bits per heavy atom. The van der Waals surface area contributed by atoms with E-state index in [0.29, 0.717) is 12.8 Å². The van der Waals surface area contributed by atoms with Crippen molar-refractivity contribution < 1.29 is 14.7 Å². The molecule has 0 aliphatic heterocycles. The van der Waals surface area contributed by atoms with E-state index in [2.05, 4.69) is 5.32 Å². The Morgan fingerprint density at radius 2 is 1.62 bits per heavy atom. The Labute approximate surface area is 154 Å². The molecule has 0 radical (unpaired) electrons. The molecule has 0 aromatic heterocycles. The van der Waals surface area contributed by atoms with E-state index < -0.39 is 11.4 Å². The molecule has 0 spiro atoms. The number of amides is 1. The van der Waals surface area contributed by atoms with Crippen LogP contribution in [0.1, 0.15) is 43.2 Å². The van der Waals surface area contributed by atoms with Crippen molar-refractivity contribution in [1.82, 2.24) is 5.32 Å². The number of carbonyl (C=O) groups is 2. The zero-order valence-electron chi connectivity index (χ0n) is 14.9. The lowest BCUT2D eigenvalue weighted by Gasteiger charge is -2.41. The summed E-state index contributed by atoms with van der Waals surface area (Å²) in [6.45, 7) is 0. The minimum atomic E-state index is -0.835. The summed E-state index contributed by atoms with van der Waals surface area (Å²) >= 11 is 0. The highest BCUT2D eigenvalue weighted by atomic mass is 16.4. The van der Waals surface area contributed by atoms with Crippen LogP contribution < -0.4 is 5.32 Å². The van der Waals surface area contributed by atoms with E-state index in [0.717, 1.165) is 30.4 Å². The van der Waals surface area contributed by atoms with Crippen LogP contribution in [0.5, 0.6) is 0 Å². The molecule has 1 aliphatic rings. The van der Waals surface area contributed by atoms with Crippen molar-refractivity contribution in [3.05, 3.63) is 71.8 Å². The molecule has 0 heterocycles. The summed E-state index contributed by atoms with van der Waals surface area (Å²) in [6, 6.07) is 19.6. The Balaban J connectivity index is 1.74. The van der Waals surface area contributed by atoms with E-state index in [4.69, 9.17) is 5.11 Å². The fourth-order valence-electron chi connectivity index (χ4n) is 3.68. The molecule has 1 fully saturated rings. The number of carbonyl (C=O) groups excluding carboxylic acids is 1. The summed E-state index contributed by atoms with van der Waals surface area (Å²) in [5.41, 5.74) is 1.70. The van der Waals surface area contributed by atoms with Gasteiger partial charge in [0.05, 0.1) is 5.41 Å². The summed E-state index contributed by atoms with van der Waals surface area (Å²) < 4.78 is 0. The third kappa shape index (κ3) is 4.13. The largest absolute Gasteiger partial charge is 0.481 e. The first-order valence-electron chi connectivity index (χ1n) is 9.22. The van der Waals surface area contributed by atoms with Crippen LogP contribution in [-0.2, 0) is 21.4 Å². The molecule has 1 aliphatic carbocycles. The number of rotatable bonds is 8. The molecule has 2 N–H and O–H groups in total. The van der Waals surface area contributed by atoms with Gasteiger partial charge < -0.3 is 10.4 Å². The lowest BCUT2D eigenvalue weighted by atomic mass is 9.63. The molecule has 1 saturated carbocycles. The number of hydrogen-bond donors (Lipinski definition) is 2. The predicted molar refractivity (Wildman–Crippen MR) is 101 cm³/mol. The zero-order chi connectivity index (χ0) is 18.4. The van der Waals surface area contributed by atoms with Crippen molar-refractivity contribution >= 4 is 11.9 Å². The molecule has 0 saturated heterocycles. The number of hydrogen-bond acceptors (Lipinski definition) is 2. The molecular weight excluding hydrogens is 326 g/mol. The number of benzene rings is 2. The lowest BCUT2D eigenvalue weighted by Crippen LogP contribution is -2.52. The van der Waals surface area contributed by atoms with E-state index in [9.17, 15) is 9.59 Å². The molecule has 4 heteroatoms. The fourth-order valence-corrected chi connectivity index (χ4v) is 3.68. The fraction of sp³-hybridized carbons (Fsp3) is 0.364. The molecule has 136 valence electrons. The molecular formula is C22H25NO3. The number of carboxylic acids is 1. The Morgan fingerprint density at radius 3 is 2.15 bits per heavy atom. The average Bonchev–Trinajstić information content (AvgIpc) is 2.60. The Kier molecular flexibility index (Phi) is 5.71. The van der Waals surface area contributed by atoms with Crippen LogP contribution in [0.4, 0.5) is 0 Å². The van der Waals surface area contributed by atoms with Gasteiger partial charge >= 0.3 is 5.97 Å². The van der Waals surface area contributed by atoms with Gasteiger partial charge in [0.1, 0.15) is 0 Å². The smallest absolute Gasteiger partial charge is 0.303 e. The quantitative estimate of drug-likeness (QED) is 0.762. The van der Waals surface area contributed by atoms with Crippen LogP contribution in [-0.4, -0.2) is 23.0 Å². The van der Waals surface area contributed by atoms with Gasteiger partial charge in [-0.1, -0.05) is 67.1 Å². The highest BCUT2D eigenvalue weighted by Gasteiger charge is 2.45. The SMILES string of the molecule is O=C(O)CCC(Cc1ccccc1)NC(=O)C1(c2ccccc2)CCC1. The normalized spacial score (nSPS) is 16.3. The van der Waals surface area contributed by atoms with Crippen LogP contribution in [0, 0.1) is 0 Å². The van der Waals surface area contributed by atoms with E-state index >= 15 is 0 Å². The molecule has 2 aromatic carbocycles. The van der Waals surface area contributed by atoms with Gasteiger partial charge in [-0.15, -0.1) is 0 Å². The third-order valence-electron chi connectivity index (χ3n) is 5.33. The van der Waals surface area contributed by atoms with E-state index in [1.54, 1.807) is 0 Å². The highest BCUT2D eigenvalue weighted by molar-refractivity contribution is 5.89. The topological polar surface area (TPSA) is 66.4 Å². The van der Waals surface area contributed by atoms with Gasteiger partial charge in [0.15, 0.2) is 0 Å². The van der Waals surface area contributed by atoms with Gasteiger partial charge in [-0.05, 0) is 36.8 Å². The minimum Gasteiger partial charge on any atom is -0.481 e. The third-order valence-corrected chi connectivity index (χ3v) is 5.33. The van der Waals surface area contributed by atoms with Crippen molar-refractivity contribution in [1.29, 1.82) is 0 Å². The molecule has 1 atom stereocenters. The van der Waals surface area contributed by atoms with Crippen molar-refractivity contribution in [2.45, 2.75) is 50.0 Å². The van der Waals surface area contributed by atoms with Gasteiger partial charge in [0.2, 0.25) is 5.91 Å². The molecule has 3 rings (SSSR count). The van der Waals surface area contributed by atoms with Gasteiger partial charge in [0.25, 0.3) is 0 Å². The van der Waals surface area contributed by atoms with Crippen LogP contribution in [0.25, 0.3) is 0 Å². The first-order valence-corrected chi connectivity index (χ1v) is 9.22. The second-order valence-corrected chi connectivity index (χ2v) is 7.09. The molecule has 2 aromatic rings. The monoisotopic (exact) mass is 351 g/mol. The van der Waals surface area contributed by atoms with Crippen LogP contribution >= 0.6 is 0 Å². The predicted octanol–water partition coefficient (Wildman–Crippen LogP) is 3.70. The summed E-state index contributed by atoms with van der Waals surface area (Å²) in [5.74, 6) is -0.806. The van der Waals surface area contributed by atoms with E-state index in [1.165, 1.54) is 0 Å². The standard InChI is InChI=1S/C22H25NO3/c24-20(25)13-12-19(16-17-8-3-1-4-9-17)23-21(26)22(14-7-15-22)18-10-5-2-6-11-18/h1-6,8-11,19H,7,12-16H2,(H,23,26)(H,24,25). The van der Waals surface area contributed by atoms with Gasteiger partial charge in [-0.2, -0.15) is 0 Å².